The normalized spacial score (nSPS) is 11.1. The third-order valence-corrected chi connectivity index (χ3v) is 3.69. The Kier molecular flexibility index (Phi) is 5.40. The molecular formula is C19H20ClNO. The van der Waals surface area contributed by atoms with Crippen LogP contribution in [0.1, 0.15) is 36.5 Å². The van der Waals surface area contributed by atoms with Crippen LogP contribution in [-0.2, 0) is 4.79 Å². The summed E-state index contributed by atoms with van der Waals surface area (Å²) in [6.45, 7) is 6.24. The molecule has 2 rings (SSSR count). The molecule has 0 aliphatic carbocycles. The number of amides is 1. The average Bonchev–Trinajstić information content (AvgIpc) is 2.47. The number of anilines is 1. The quantitative estimate of drug-likeness (QED) is 0.750. The van der Waals surface area contributed by atoms with Crippen LogP contribution in [0.3, 0.4) is 0 Å². The van der Waals surface area contributed by atoms with Crippen LogP contribution in [0.5, 0.6) is 0 Å². The molecule has 22 heavy (non-hydrogen) atoms. The lowest BCUT2D eigenvalue weighted by Crippen LogP contribution is -2.11. The second kappa shape index (κ2) is 7.28. The van der Waals surface area contributed by atoms with Gasteiger partial charge >= 0.3 is 0 Å². The SMILES string of the molecule is Cc1cccc(C(C)C)c1NC(=O)C=Cc1cccc(Cl)c1. The van der Waals surface area contributed by atoms with Gasteiger partial charge in [-0.2, -0.15) is 0 Å². The number of para-hydroxylation sites is 1. The fourth-order valence-electron chi connectivity index (χ4n) is 2.29. The highest BCUT2D eigenvalue weighted by Crippen LogP contribution is 2.27. The van der Waals surface area contributed by atoms with Gasteiger partial charge in [0.05, 0.1) is 0 Å². The Bertz CT molecular complexity index is 704. The standard InChI is InChI=1S/C19H20ClNO/c1-13(2)17-9-4-6-14(3)19(17)21-18(22)11-10-15-7-5-8-16(20)12-15/h4-13H,1-3H3,(H,21,22). The molecular weight excluding hydrogens is 294 g/mol. The van der Waals surface area contributed by atoms with Gasteiger partial charge in [0.1, 0.15) is 0 Å². The van der Waals surface area contributed by atoms with E-state index in [2.05, 4.69) is 19.2 Å². The molecule has 0 fully saturated rings. The number of benzene rings is 2. The van der Waals surface area contributed by atoms with E-state index in [0.29, 0.717) is 10.9 Å². The van der Waals surface area contributed by atoms with E-state index in [1.165, 1.54) is 6.08 Å². The first-order valence-corrected chi connectivity index (χ1v) is 7.69. The number of hydrogen-bond acceptors (Lipinski definition) is 1. The number of carbonyl (C=O) groups is 1. The van der Waals surface area contributed by atoms with Crippen LogP contribution in [-0.4, -0.2) is 5.91 Å². The smallest absolute Gasteiger partial charge is 0.248 e. The lowest BCUT2D eigenvalue weighted by Gasteiger charge is -2.15. The fraction of sp³-hybridized carbons (Fsp3) is 0.211. The minimum Gasteiger partial charge on any atom is -0.322 e. The maximum atomic E-state index is 12.2. The van der Waals surface area contributed by atoms with E-state index in [-0.39, 0.29) is 5.91 Å². The maximum absolute atomic E-state index is 12.2. The molecule has 0 aromatic heterocycles. The monoisotopic (exact) mass is 313 g/mol. The number of rotatable bonds is 4. The number of carbonyl (C=O) groups excluding carboxylic acids is 1. The van der Waals surface area contributed by atoms with Crippen molar-refractivity contribution in [2.45, 2.75) is 26.7 Å². The summed E-state index contributed by atoms with van der Waals surface area (Å²) in [5, 5.41) is 3.64. The van der Waals surface area contributed by atoms with E-state index in [1.807, 2.05) is 43.3 Å². The molecule has 3 heteroatoms. The molecule has 0 aliphatic rings. The van der Waals surface area contributed by atoms with Crippen molar-refractivity contribution >= 4 is 29.3 Å². The molecule has 1 amide bonds. The second-order valence-corrected chi connectivity index (χ2v) is 6.01. The molecule has 2 aromatic carbocycles. The molecule has 0 atom stereocenters. The Morgan fingerprint density at radius 3 is 2.59 bits per heavy atom. The van der Waals surface area contributed by atoms with Gasteiger partial charge in [0.25, 0.3) is 0 Å². The summed E-state index contributed by atoms with van der Waals surface area (Å²) >= 11 is 5.93. The van der Waals surface area contributed by atoms with Crippen LogP contribution in [0.25, 0.3) is 6.08 Å². The average molecular weight is 314 g/mol. The van der Waals surface area contributed by atoms with Crippen molar-refractivity contribution < 1.29 is 4.79 Å². The topological polar surface area (TPSA) is 29.1 Å². The summed E-state index contributed by atoms with van der Waals surface area (Å²) in [5.74, 6) is 0.211. The van der Waals surface area contributed by atoms with Crippen molar-refractivity contribution in [2.75, 3.05) is 5.32 Å². The van der Waals surface area contributed by atoms with E-state index in [9.17, 15) is 4.79 Å². The van der Waals surface area contributed by atoms with Crippen molar-refractivity contribution in [3.05, 3.63) is 70.3 Å². The maximum Gasteiger partial charge on any atom is 0.248 e. The predicted octanol–water partition coefficient (Wildman–Crippen LogP) is 5.42. The van der Waals surface area contributed by atoms with E-state index >= 15 is 0 Å². The molecule has 2 nitrogen and oxygen atoms in total. The summed E-state index contributed by atoms with van der Waals surface area (Å²) in [4.78, 5) is 12.2. The molecule has 0 unspecified atom stereocenters. The predicted molar refractivity (Wildman–Crippen MR) is 94.4 cm³/mol. The van der Waals surface area contributed by atoms with Crippen LogP contribution in [0, 0.1) is 6.92 Å². The highest BCUT2D eigenvalue weighted by Gasteiger charge is 2.10. The lowest BCUT2D eigenvalue weighted by atomic mass is 9.98. The van der Waals surface area contributed by atoms with E-state index < -0.39 is 0 Å². The zero-order valence-corrected chi connectivity index (χ0v) is 13.8. The summed E-state index contributed by atoms with van der Waals surface area (Å²) < 4.78 is 0. The van der Waals surface area contributed by atoms with Gasteiger partial charge in [-0.3, -0.25) is 4.79 Å². The molecule has 0 aliphatic heterocycles. The van der Waals surface area contributed by atoms with Crippen LogP contribution in [0.15, 0.2) is 48.5 Å². The van der Waals surface area contributed by atoms with Gasteiger partial charge in [-0.25, -0.2) is 0 Å². The van der Waals surface area contributed by atoms with E-state index in [4.69, 9.17) is 11.6 Å². The Morgan fingerprint density at radius 2 is 1.91 bits per heavy atom. The molecule has 0 radical (unpaired) electrons. The first-order chi connectivity index (χ1) is 10.5. The van der Waals surface area contributed by atoms with Crippen molar-refractivity contribution in [3.8, 4) is 0 Å². The van der Waals surface area contributed by atoms with E-state index in [0.717, 1.165) is 22.4 Å². The highest BCUT2D eigenvalue weighted by atomic mass is 35.5. The highest BCUT2D eigenvalue weighted by molar-refractivity contribution is 6.30. The van der Waals surface area contributed by atoms with Gasteiger partial charge in [0, 0.05) is 16.8 Å². The van der Waals surface area contributed by atoms with Gasteiger partial charge < -0.3 is 5.32 Å². The van der Waals surface area contributed by atoms with Crippen molar-refractivity contribution in [3.63, 3.8) is 0 Å². The summed E-state index contributed by atoms with van der Waals surface area (Å²) in [7, 11) is 0. The second-order valence-electron chi connectivity index (χ2n) is 5.57. The Balaban J connectivity index is 2.16. The zero-order chi connectivity index (χ0) is 16.1. The van der Waals surface area contributed by atoms with Crippen LogP contribution >= 0.6 is 11.6 Å². The Labute approximate surface area is 136 Å². The largest absolute Gasteiger partial charge is 0.322 e. The Morgan fingerprint density at radius 1 is 1.18 bits per heavy atom. The molecule has 1 N–H and O–H groups in total. The molecule has 0 saturated carbocycles. The summed E-state index contributed by atoms with van der Waals surface area (Å²) in [6.07, 6.45) is 3.29. The van der Waals surface area contributed by atoms with Crippen LogP contribution < -0.4 is 5.32 Å². The van der Waals surface area contributed by atoms with Gasteiger partial charge in [-0.1, -0.05) is 55.8 Å². The lowest BCUT2D eigenvalue weighted by molar-refractivity contribution is -0.111. The summed E-state index contributed by atoms with van der Waals surface area (Å²) in [5.41, 5.74) is 4.01. The number of hydrogen-bond donors (Lipinski definition) is 1. The minimum absolute atomic E-state index is 0.142. The van der Waals surface area contributed by atoms with Gasteiger partial charge in [-0.05, 0) is 47.7 Å². The molecule has 2 aromatic rings. The third kappa shape index (κ3) is 4.22. The van der Waals surface area contributed by atoms with Crippen molar-refractivity contribution in [1.29, 1.82) is 0 Å². The molecule has 0 saturated heterocycles. The van der Waals surface area contributed by atoms with Gasteiger partial charge in [0.2, 0.25) is 5.91 Å². The fourth-order valence-corrected chi connectivity index (χ4v) is 2.49. The molecule has 0 bridgehead atoms. The number of nitrogens with one attached hydrogen (secondary N) is 1. The van der Waals surface area contributed by atoms with Crippen molar-refractivity contribution in [2.24, 2.45) is 0 Å². The molecule has 0 heterocycles. The first kappa shape index (κ1) is 16.3. The molecule has 0 spiro atoms. The Hall–Kier alpha value is -2.06. The van der Waals surface area contributed by atoms with Crippen molar-refractivity contribution in [1.82, 2.24) is 0 Å². The molecule has 114 valence electrons. The first-order valence-electron chi connectivity index (χ1n) is 7.31. The third-order valence-electron chi connectivity index (χ3n) is 3.45. The van der Waals surface area contributed by atoms with Gasteiger partial charge in [-0.15, -0.1) is 0 Å². The summed E-state index contributed by atoms with van der Waals surface area (Å²) in [6, 6.07) is 13.5. The minimum atomic E-state index is -0.142. The van der Waals surface area contributed by atoms with Crippen LogP contribution in [0.2, 0.25) is 5.02 Å². The number of aryl methyl sites for hydroxylation is 1. The van der Waals surface area contributed by atoms with Crippen LogP contribution in [0.4, 0.5) is 5.69 Å². The number of halogens is 1. The zero-order valence-electron chi connectivity index (χ0n) is 13.1. The van der Waals surface area contributed by atoms with Gasteiger partial charge in [0.15, 0.2) is 0 Å². The van der Waals surface area contributed by atoms with E-state index in [1.54, 1.807) is 12.1 Å².